The van der Waals surface area contributed by atoms with Gasteiger partial charge in [0.15, 0.2) is 0 Å². The molecule has 0 radical (unpaired) electrons. The zero-order valence-electron chi connectivity index (χ0n) is 19.9. The predicted molar refractivity (Wildman–Crippen MR) is 134 cm³/mol. The first-order valence-electron chi connectivity index (χ1n) is 11.8. The van der Waals surface area contributed by atoms with Crippen LogP contribution in [0, 0.1) is 5.82 Å². The third-order valence-corrected chi connectivity index (χ3v) is 5.97. The van der Waals surface area contributed by atoms with Crippen molar-refractivity contribution in [2.75, 3.05) is 44.7 Å². The van der Waals surface area contributed by atoms with Gasteiger partial charge in [-0.1, -0.05) is 0 Å². The number of rotatable bonds is 8. The van der Waals surface area contributed by atoms with E-state index < -0.39 is 0 Å². The molecule has 3 heterocycles. The molecule has 1 amide bonds. The standard InChI is InChI=1S/C26H27FN6O3/c1-32-24-7-6-20(16-22(24)31-26(32)30-19-4-2-18(27)3-5-19)36-21-8-9-28-23(17-21)25(34)29-10-11-33-12-14-35-15-13-33/h2-9,16-17H,10-15H2,1H3,(H,29,34)(H,30,31). The van der Waals surface area contributed by atoms with Crippen molar-refractivity contribution in [3.05, 3.63) is 72.3 Å². The van der Waals surface area contributed by atoms with Gasteiger partial charge in [-0.15, -0.1) is 0 Å². The first-order valence-corrected chi connectivity index (χ1v) is 11.8. The summed E-state index contributed by atoms with van der Waals surface area (Å²) in [5, 5.41) is 6.11. The van der Waals surface area contributed by atoms with Gasteiger partial charge in [0.05, 0.1) is 24.2 Å². The number of aryl methyl sites for hydroxylation is 1. The Morgan fingerprint density at radius 1 is 1.08 bits per heavy atom. The fraction of sp³-hybridized carbons (Fsp3) is 0.269. The van der Waals surface area contributed by atoms with E-state index in [9.17, 15) is 9.18 Å². The summed E-state index contributed by atoms with van der Waals surface area (Å²) < 4.78 is 26.5. The topological polar surface area (TPSA) is 93.5 Å². The molecule has 1 aliphatic heterocycles. The molecular formula is C26H27FN6O3. The van der Waals surface area contributed by atoms with Gasteiger partial charge >= 0.3 is 0 Å². The van der Waals surface area contributed by atoms with E-state index in [1.807, 2.05) is 29.8 Å². The van der Waals surface area contributed by atoms with Crippen molar-refractivity contribution in [2.24, 2.45) is 7.05 Å². The highest BCUT2D eigenvalue weighted by Crippen LogP contribution is 2.28. The minimum Gasteiger partial charge on any atom is -0.457 e. The number of ether oxygens (including phenoxy) is 2. The Labute approximate surface area is 207 Å². The number of pyridine rings is 1. The number of nitrogens with one attached hydrogen (secondary N) is 2. The lowest BCUT2D eigenvalue weighted by atomic mass is 10.3. The number of hydrogen-bond acceptors (Lipinski definition) is 7. The van der Waals surface area contributed by atoms with Gasteiger partial charge in [0.1, 0.15) is 23.0 Å². The highest BCUT2D eigenvalue weighted by Gasteiger charge is 2.13. The van der Waals surface area contributed by atoms with Crippen LogP contribution >= 0.6 is 0 Å². The smallest absolute Gasteiger partial charge is 0.270 e. The molecule has 0 spiro atoms. The average Bonchev–Trinajstić information content (AvgIpc) is 3.20. The van der Waals surface area contributed by atoms with Crippen molar-refractivity contribution in [3.63, 3.8) is 0 Å². The number of nitrogens with zero attached hydrogens (tertiary/aromatic N) is 4. The lowest BCUT2D eigenvalue weighted by Crippen LogP contribution is -2.41. The molecule has 1 fully saturated rings. The molecule has 9 nitrogen and oxygen atoms in total. The molecule has 2 aromatic heterocycles. The number of fused-ring (bicyclic) bond motifs is 1. The Bertz CT molecular complexity index is 1350. The maximum absolute atomic E-state index is 13.2. The third kappa shape index (κ3) is 5.61. The first kappa shape index (κ1) is 23.7. The van der Waals surface area contributed by atoms with E-state index in [1.165, 1.54) is 12.1 Å². The van der Waals surface area contributed by atoms with Crippen molar-refractivity contribution in [2.45, 2.75) is 0 Å². The van der Waals surface area contributed by atoms with Gasteiger partial charge in [-0.2, -0.15) is 0 Å². The zero-order chi connectivity index (χ0) is 24.9. The molecule has 0 aliphatic carbocycles. The minimum absolute atomic E-state index is 0.245. The monoisotopic (exact) mass is 490 g/mol. The number of imidazole rings is 1. The number of halogens is 1. The van der Waals surface area contributed by atoms with Crippen LogP contribution in [0.25, 0.3) is 11.0 Å². The van der Waals surface area contributed by atoms with E-state index >= 15 is 0 Å². The average molecular weight is 491 g/mol. The van der Waals surface area contributed by atoms with Gasteiger partial charge in [-0.05, 0) is 42.5 Å². The summed E-state index contributed by atoms with van der Waals surface area (Å²) in [6, 6.07) is 15.0. The number of anilines is 2. The van der Waals surface area contributed by atoms with Crippen LogP contribution in [0.5, 0.6) is 11.5 Å². The Hall–Kier alpha value is -4.02. The fourth-order valence-corrected chi connectivity index (χ4v) is 4.00. The van der Waals surface area contributed by atoms with Crippen molar-refractivity contribution in [3.8, 4) is 11.5 Å². The molecule has 2 aromatic carbocycles. The van der Waals surface area contributed by atoms with E-state index in [2.05, 4.69) is 25.5 Å². The second kappa shape index (κ2) is 10.7. The molecule has 10 heteroatoms. The fourth-order valence-electron chi connectivity index (χ4n) is 4.00. The van der Waals surface area contributed by atoms with E-state index in [0.717, 1.165) is 49.6 Å². The van der Waals surface area contributed by atoms with E-state index in [0.29, 0.717) is 29.7 Å². The molecule has 1 saturated heterocycles. The Kier molecular flexibility index (Phi) is 7.06. The van der Waals surface area contributed by atoms with E-state index in [1.54, 1.807) is 30.5 Å². The van der Waals surface area contributed by atoms with E-state index in [-0.39, 0.29) is 11.7 Å². The summed E-state index contributed by atoms with van der Waals surface area (Å²) >= 11 is 0. The quantitative estimate of drug-likeness (QED) is 0.389. The van der Waals surface area contributed by atoms with Gasteiger partial charge < -0.3 is 24.7 Å². The van der Waals surface area contributed by atoms with Gasteiger partial charge in [-0.3, -0.25) is 14.7 Å². The van der Waals surface area contributed by atoms with Gasteiger partial charge in [0.25, 0.3) is 5.91 Å². The number of carbonyl (C=O) groups is 1. The molecule has 0 atom stereocenters. The van der Waals surface area contributed by atoms with Crippen LogP contribution in [0.2, 0.25) is 0 Å². The number of amides is 1. The minimum atomic E-state index is -0.294. The lowest BCUT2D eigenvalue weighted by molar-refractivity contribution is 0.0383. The van der Waals surface area contributed by atoms with Crippen molar-refractivity contribution < 1.29 is 18.7 Å². The maximum Gasteiger partial charge on any atom is 0.270 e. The number of aromatic nitrogens is 3. The predicted octanol–water partition coefficient (Wildman–Crippen LogP) is 3.71. The summed E-state index contributed by atoms with van der Waals surface area (Å²) in [6.07, 6.45) is 1.55. The maximum atomic E-state index is 13.2. The second-order valence-corrected chi connectivity index (χ2v) is 8.47. The molecule has 186 valence electrons. The van der Waals surface area contributed by atoms with Crippen molar-refractivity contribution >= 4 is 28.6 Å². The van der Waals surface area contributed by atoms with Crippen LogP contribution in [-0.2, 0) is 11.8 Å². The SMILES string of the molecule is Cn1c(Nc2ccc(F)cc2)nc2cc(Oc3ccnc(C(=O)NCCN4CCOCC4)c3)ccc21. The van der Waals surface area contributed by atoms with Crippen molar-refractivity contribution in [1.29, 1.82) is 0 Å². The summed E-state index contributed by atoms with van der Waals surface area (Å²) in [4.78, 5) is 23.6. The number of benzene rings is 2. The summed E-state index contributed by atoms with van der Waals surface area (Å²) in [6.45, 7) is 4.52. The number of hydrogen-bond donors (Lipinski definition) is 2. The summed E-state index contributed by atoms with van der Waals surface area (Å²) in [5.41, 5.74) is 2.66. The van der Waals surface area contributed by atoms with Gasteiger partial charge in [0, 0.05) is 57.2 Å². The largest absolute Gasteiger partial charge is 0.457 e. The van der Waals surface area contributed by atoms with Crippen LogP contribution in [0.15, 0.2) is 60.8 Å². The molecule has 0 bridgehead atoms. The lowest BCUT2D eigenvalue weighted by Gasteiger charge is -2.26. The Balaban J connectivity index is 1.24. The second-order valence-electron chi connectivity index (χ2n) is 8.47. The van der Waals surface area contributed by atoms with Crippen LogP contribution < -0.4 is 15.4 Å². The highest BCUT2D eigenvalue weighted by molar-refractivity contribution is 5.92. The van der Waals surface area contributed by atoms with E-state index in [4.69, 9.17) is 9.47 Å². The van der Waals surface area contributed by atoms with Crippen LogP contribution in [0.3, 0.4) is 0 Å². The molecule has 4 aromatic rings. The normalized spacial score (nSPS) is 14.1. The zero-order valence-corrected chi connectivity index (χ0v) is 19.9. The van der Waals surface area contributed by atoms with Gasteiger partial charge in [-0.25, -0.2) is 9.37 Å². The highest BCUT2D eigenvalue weighted by atomic mass is 19.1. The third-order valence-electron chi connectivity index (χ3n) is 5.97. The molecule has 1 aliphatic rings. The number of morpholine rings is 1. The van der Waals surface area contributed by atoms with Crippen LogP contribution in [0.1, 0.15) is 10.5 Å². The molecule has 5 rings (SSSR count). The molecule has 2 N–H and O–H groups in total. The molecular weight excluding hydrogens is 463 g/mol. The Morgan fingerprint density at radius 3 is 2.67 bits per heavy atom. The van der Waals surface area contributed by atoms with Crippen molar-refractivity contribution in [1.82, 2.24) is 24.8 Å². The molecule has 36 heavy (non-hydrogen) atoms. The Morgan fingerprint density at radius 2 is 1.86 bits per heavy atom. The molecule has 0 unspecified atom stereocenters. The van der Waals surface area contributed by atoms with Gasteiger partial charge in [0.2, 0.25) is 5.95 Å². The first-order chi connectivity index (χ1) is 17.5. The van der Waals surface area contributed by atoms with Crippen LogP contribution in [0.4, 0.5) is 16.0 Å². The van der Waals surface area contributed by atoms with Crippen LogP contribution in [-0.4, -0.2) is 64.7 Å². The molecule has 0 saturated carbocycles. The number of carbonyl (C=O) groups excluding carboxylic acids is 1. The summed E-state index contributed by atoms with van der Waals surface area (Å²) in [7, 11) is 1.90. The summed E-state index contributed by atoms with van der Waals surface area (Å²) in [5.74, 6) is 1.17.